The molecule has 0 spiro atoms. The average Bonchev–Trinajstić information content (AvgIpc) is 2.80. The van der Waals surface area contributed by atoms with Gasteiger partial charge in [0.2, 0.25) is 0 Å². The number of benzene rings is 1. The van der Waals surface area contributed by atoms with Crippen molar-refractivity contribution in [1.82, 2.24) is 5.32 Å². The topological polar surface area (TPSA) is 102 Å². The third kappa shape index (κ3) is 13.2. The zero-order valence-electron chi connectivity index (χ0n) is 22.5. The molecule has 7 heteroatoms. The van der Waals surface area contributed by atoms with Crippen LogP contribution in [0, 0.1) is 16.0 Å². The number of nitrogens with one attached hydrogen (secondary N) is 2. The van der Waals surface area contributed by atoms with Gasteiger partial charge in [-0.1, -0.05) is 72.1 Å². The van der Waals surface area contributed by atoms with Crippen molar-refractivity contribution in [3.63, 3.8) is 0 Å². The number of hydrogen-bond acceptors (Lipinski definition) is 6. The summed E-state index contributed by atoms with van der Waals surface area (Å²) in [4.78, 5) is 16.3. The Hall–Kier alpha value is -2.22. The van der Waals surface area contributed by atoms with Crippen LogP contribution in [0.2, 0.25) is 0 Å². The van der Waals surface area contributed by atoms with Crippen LogP contribution in [0.15, 0.2) is 41.1 Å². The van der Waals surface area contributed by atoms with Crippen LogP contribution in [0.3, 0.4) is 0 Å². The minimum Gasteiger partial charge on any atom is -0.353 e. The summed E-state index contributed by atoms with van der Waals surface area (Å²) in [6, 6.07) is 5.20. The van der Waals surface area contributed by atoms with Crippen LogP contribution < -0.4 is 16.5 Å². The molecule has 4 N–H and O–H groups in total. The van der Waals surface area contributed by atoms with Crippen molar-refractivity contribution in [2.24, 2.45) is 11.8 Å². The SMILES string of the molecule is CC.CC.CCCCC(C)C(NCc1ccc(N/C(C)=C(\C)C=C(C)C)c([N+](=O)[O-])c1)ON. The molecule has 1 aromatic rings. The number of nitrogens with zero attached hydrogens (tertiary/aromatic N) is 1. The normalized spacial score (nSPS) is 12.7. The van der Waals surface area contributed by atoms with E-state index in [9.17, 15) is 10.1 Å². The Morgan fingerprint density at radius 1 is 1.18 bits per heavy atom. The Morgan fingerprint density at radius 3 is 2.27 bits per heavy atom. The van der Waals surface area contributed by atoms with Gasteiger partial charge in [0.1, 0.15) is 11.9 Å². The van der Waals surface area contributed by atoms with Gasteiger partial charge in [0.25, 0.3) is 5.69 Å². The lowest BCUT2D eigenvalue weighted by molar-refractivity contribution is -0.384. The van der Waals surface area contributed by atoms with Gasteiger partial charge in [-0.25, -0.2) is 5.90 Å². The van der Waals surface area contributed by atoms with Gasteiger partial charge in [-0.05, 0) is 57.2 Å². The van der Waals surface area contributed by atoms with E-state index in [2.05, 4.69) is 24.5 Å². The Labute approximate surface area is 202 Å². The van der Waals surface area contributed by atoms with E-state index in [4.69, 9.17) is 10.7 Å². The van der Waals surface area contributed by atoms with Crippen LogP contribution >= 0.6 is 0 Å². The highest BCUT2D eigenvalue weighted by Crippen LogP contribution is 2.28. The highest BCUT2D eigenvalue weighted by molar-refractivity contribution is 5.65. The quantitative estimate of drug-likeness (QED) is 0.128. The molecule has 1 rings (SSSR count). The summed E-state index contributed by atoms with van der Waals surface area (Å²) in [5, 5.41) is 18.0. The fraction of sp³-hybridized carbons (Fsp3) is 0.615. The molecule has 0 radical (unpaired) electrons. The summed E-state index contributed by atoms with van der Waals surface area (Å²) < 4.78 is 0. The zero-order valence-corrected chi connectivity index (χ0v) is 22.5. The van der Waals surface area contributed by atoms with E-state index in [1.54, 1.807) is 12.1 Å². The summed E-state index contributed by atoms with van der Waals surface area (Å²) in [6.07, 6.45) is 4.97. The number of nitro benzene ring substituents is 1. The second kappa shape index (κ2) is 19.3. The predicted octanol–water partition coefficient (Wildman–Crippen LogP) is 7.45. The molecule has 0 aromatic heterocycles. The Bertz CT molecular complexity index is 741. The molecule has 33 heavy (non-hydrogen) atoms. The molecule has 0 saturated carbocycles. The molecule has 0 aliphatic carbocycles. The van der Waals surface area contributed by atoms with Crippen molar-refractivity contribution in [3.8, 4) is 0 Å². The van der Waals surface area contributed by atoms with E-state index < -0.39 is 0 Å². The lowest BCUT2D eigenvalue weighted by Gasteiger charge is -2.23. The van der Waals surface area contributed by atoms with Gasteiger partial charge >= 0.3 is 0 Å². The summed E-state index contributed by atoms with van der Waals surface area (Å²) in [6.45, 7) is 20.6. The maximum atomic E-state index is 11.6. The van der Waals surface area contributed by atoms with Crippen LogP contribution in [0.25, 0.3) is 0 Å². The van der Waals surface area contributed by atoms with Gasteiger partial charge in [-0.2, -0.15) is 0 Å². The van der Waals surface area contributed by atoms with E-state index in [1.807, 2.05) is 67.5 Å². The molecule has 0 fully saturated rings. The molecule has 2 unspecified atom stereocenters. The lowest BCUT2D eigenvalue weighted by Crippen LogP contribution is -2.39. The number of hydrogen-bond donors (Lipinski definition) is 3. The molecule has 7 nitrogen and oxygen atoms in total. The molecule has 0 amide bonds. The number of allylic oxidation sites excluding steroid dienone is 4. The average molecular weight is 465 g/mol. The Kier molecular flexibility index (Phi) is 19.2. The van der Waals surface area contributed by atoms with E-state index in [-0.39, 0.29) is 22.8 Å². The molecular formula is C26H48N4O3. The van der Waals surface area contributed by atoms with Crippen LogP contribution in [0.1, 0.15) is 94.1 Å². The number of anilines is 1. The van der Waals surface area contributed by atoms with Gasteiger partial charge in [0.15, 0.2) is 0 Å². The standard InChI is InChI=1S/C22H36N4O3.2C2H6/c1-7-8-9-16(4)22(29-23)24-14-19-10-11-20(21(13-19)26(27)28)25-18(6)17(5)12-15(2)3;2*1-2/h10-13,16,22,24-25H,7-9,14,23H2,1-6H3;2*1-2H3/b18-17+;;. The van der Waals surface area contributed by atoms with Crippen molar-refractivity contribution >= 4 is 11.4 Å². The number of unbranched alkanes of at least 4 members (excludes halogenated alkanes) is 1. The number of nitro groups is 1. The Morgan fingerprint density at radius 2 is 1.79 bits per heavy atom. The second-order valence-corrected chi connectivity index (χ2v) is 7.82. The number of nitrogens with two attached hydrogens (primary N) is 1. The Balaban J connectivity index is 0. The zero-order chi connectivity index (χ0) is 26.0. The van der Waals surface area contributed by atoms with Crippen molar-refractivity contribution in [2.45, 2.75) is 101 Å². The summed E-state index contributed by atoms with van der Waals surface area (Å²) in [5.41, 5.74) is 4.40. The minimum atomic E-state index is -0.365. The van der Waals surface area contributed by atoms with Crippen LogP contribution in [0.5, 0.6) is 0 Å². The predicted molar refractivity (Wildman–Crippen MR) is 142 cm³/mol. The van der Waals surface area contributed by atoms with Crippen LogP contribution in [-0.2, 0) is 11.4 Å². The van der Waals surface area contributed by atoms with Crippen LogP contribution in [0.4, 0.5) is 11.4 Å². The van der Waals surface area contributed by atoms with Crippen molar-refractivity contribution in [2.75, 3.05) is 5.32 Å². The molecule has 190 valence electrons. The molecular weight excluding hydrogens is 416 g/mol. The molecule has 0 aliphatic heterocycles. The smallest absolute Gasteiger partial charge is 0.292 e. The first kappa shape index (κ1) is 33.0. The second-order valence-electron chi connectivity index (χ2n) is 7.82. The first-order chi connectivity index (χ1) is 15.7. The first-order valence-corrected chi connectivity index (χ1v) is 12.1. The minimum absolute atomic E-state index is 0.0397. The number of rotatable bonds is 12. The van der Waals surface area contributed by atoms with E-state index >= 15 is 0 Å². The fourth-order valence-electron chi connectivity index (χ4n) is 3.07. The lowest BCUT2D eigenvalue weighted by atomic mass is 10.0. The third-order valence-electron chi connectivity index (χ3n) is 4.86. The first-order valence-electron chi connectivity index (χ1n) is 12.1. The van der Waals surface area contributed by atoms with Crippen molar-refractivity contribution in [1.29, 1.82) is 0 Å². The molecule has 0 saturated heterocycles. The molecule has 0 aliphatic rings. The molecule has 0 heterocycles. The van der Waals surface area contributed by atoms with Crippen molar-refractivity contribution in [3.05, 3.63) is 56.8 Å². The maximum absolute atomic E-state index is 11.6. The third-order valence-corrected chi connectivity index (χ3v) is 4.86. The van der Waals surface area contributed by atoms with Gasteiger partial charge in [-0.15, -0.1) is 0 Å². The molecule has 2 atom stereocenters. The monoisotopic (exact) mass is 464 g/mol. The highest BCUT2D eigenvalue weighted by Gasteiger charge is 2.19. The van der Waals surface area contributed by atoms with Gasteiger partial charge in [0.05, 0.1) is 4.92 Å². The van der Waals surface area contributed by atoms with E-state index in [0.29, 0.717) is 12.2 Å². The highest BCUT2D eigenvalue weighted by atomic mass is 16.6. The molecule has 1 aromatic carbocycles. The summed E-state index contributed by atoms with van der Waals surface area (Å²) in [7, 11) is 0. The maximum Gasteiger partial charge on any atom is 0.292 e. The van der Waals surface area contributed by atoms with Gasteiger partial charge in [-0.3, -0.25) is 20.3 Å². The van der Waals surface area contributed by atoms with E-state index in [0.717, 1.165) is 36.1 Å². The summed E-state index contributed by atoms with van der Waals surface area (Å²) >= 11 is 0. The largest absolute Gasteiger partial charge is 0.353 e. The van der Waals surface area contributed by atoms with Crippen molar-refractivity contribution < 1.29 is 9.76 Å². The van der Waals surface area contributed by atoms with Crippen LogP contribution in [-0.4, -0.2) is 11.2 Å². The fourth-order valence-corrected chi connectivity index (χ4v) is 3.07. The molecule has 0 bridgehead atoms. The van der Waals surface area contributed by atoms with E-state index in [1.165, 1.54) is 5.57 Å². The van der Waals surface area contributed by atoms with Gasteiger partial charge < -0.3 is 5.32 Å². The summed E-state index contributed by atoms with van der Waals surface area (Å²) in [5.74, 6) is 5.69. The van der Waals surface area contributed by atoms with Gasteiger partial charge in [0, 0.05) is 18.3 Å².